The maximum Gasteiger partial charge on any atom is 0.340 e. The molecule has 0 aliphatic carbocycles. The molecule has 0 heterocycles. The molecular formula is C12H16ClNO6S2. The first kappa shape index (κ1) is 18.7. The third-order valence-electron chi connectivity index (χ3n) is 2.80. The van der Waals surface area contributed by atoms with Crippen LogP contribution in [0.5, 0.6) is 0 Å². The van der Waals surface area contributed by atoms with E-state index in [1.165, 1.54) is 26.0 Å². The van der Waals surface area contributed by atoms with E-state index in [-0.39, 0.29) is 20.0 Å². The van der Waals surface area contributed by atoms with Gasteiger partial charge in [0.1, 0.15) is 0 Å². The Kier molecular flexibility index (Phi) is 5.82. The Labute approximate surface area is 134 Å². The number of rotatable bonds is 6. The zero-order valence-electron chi connectivity index (χ0n) is 12.2. The van der Waals surface area contributed by atoms with Gasteiger partial charge in [-0.25, -0.2) is 21.6 Å². The van der Waals surface area contributed by atoms with E-state index in [9.17, 15) is 21.6 Å². The summed E-state index contributed by atoms with van der Waals surface area (Å²) in [7, 11) is -7.27. The summed E-state index contributed by atoms with van der Waals surface area (Å²) < 4.78 is 53.7. The second-order valence-electron chi connectivity index (χ2n) is 4.15. The molecule has 0 radical (unpaired) electrons. The number of carbonyl (C=O) groups excluding carboxylic acids is 1. The lowest BCUT2D eigenvalue weighted by Crippen LogP contribution is -2.40. The van der Waals surface area contributed by atoms with Gasteiger partial charge in [0.05, 0.1) is 29.9 Å². The molecule has 0 spiro atoms. The monoisotopic (exact) mass is 369 g/mol. The van der Waals surface area contributed by atoms with Crippen molar-refractivity contribution < 1.29 is 26.4 Å². The predicted octanol–water partition coefficient (Wildman–Crippen LogP) is 1.63. The normalized spacial score (nSPS) is 12.0. The minimum atomic E-state index is -4.19. The molecule has 7 nitrogen and oxygen atoms in total. The molecule has 10 heteroatoms. The van der Waals surface area contributed by atoms with Crippen LogP contribution in [0, 0.1) is 0 Å². The van der Waals surface area contributed by atoms with Crippen molar-refractivity contribution in [2.75, 3.05) is 22.3 Å². The summed E-state index contributed by atoms with van der Waals surface area (Å²) in [6.45, 7) is 2.60. The van der Waals surface area contributed by atoms with E-state index in [2.05, 4.69) is 4.74 Å². The molecule has 124 valence electrons. The lowest BCUT2D eigenvalue weighted by Gasteiger charge is -2.24. The number of methoxy groups -OCH3 is 1. The maximum atomic E-state index is 12.2. The Morgan fingerprint density at radius 2 is 1.64 bits per heavy atom. The van der Waals surface area contributed by atoms with Crippen molar-refractivity contribution in [3.05, 3.63) is 28.8 Å². The largest absolute Gasteiger partial charge is 0.465 e. The van der Waals surface area contributed by atoms with Gasteiger partial charge in [0.15, 0.2) is 0 Å². The molecule has 0 N–H and O–H groups in total. The van der Waals surface area contributed by atoms with E-state index < -0.39 is 37.5 Å². The van der Waals surface area contributed by atoms with Crippen LogP contribution in [0.25, 0.3) is 0 Å². The molecule has 1 aromatic rings. The number of esters is 1. The number of anilines is 1. The molecule has 1 aromatic carbocycles. The summed E-state index contributed by atoms with van der Waals surface area (Å²) in [5.41, 5.74) is -0.552. The third-order valence-corrected chi connectivity index (χ3v) is 7.26. The molecular weight excluding hydrogens is 354 g/mol. The van der Waals surface area contributed by atoms with Crippen LogP contribution in [0.3, 0.4) is 0 Å². The average Bonchev–Trinajstić information content (AvgIpc) is 2.46. The Morgan fingerprint density at radius 1 is 1.14 bits per heavy atom. The molecule has 0 unspecified atom stereocenters. The van der Waals surface area contributed by atoms with Gasteiger partial charge in [0.2, 0.25) is 20.0 Å². The maximum absolute atomic E-state index is 12.2. The zero-order valence-corrected chi connectivity index (χ0v) is 14.6. The fraction of sp³-hybridized carbons (Fsp3) is 0.417. The van der Waals surface area contributed by atoms with Crippen molar-refractivity contribution >= 4 is 43.3 Å². The Morgan fingerprint density at radius 3 is 2.05 bits per heavy atom. The topological polar surface area (TPSA) is 97.8 Å². The molecule has 22 heavy (non-hydrogen) atoms. The first-order valence-corrected chi connectivity index (χ1v) is 9.84. The van der Waals surface area contributed by atoms with E-state index in [1.807, 2.05) is 0 Å². The van der Waals surface area contributed by atoms with Gasteiger partial charge in [-0.15, -0.1) is 0 Å². The van der Waals surface area contributed by atoms with E-state index in [4.69, 9.17) is 11.6 Å². The van der Waals surface area contributed by atoms with Gasteiger partial charge in [-0.3, -0.25) is 0 Å². The highest BCUT2D eigenvalue weighted by Crippen LogP contribution is 2.30. The molecule has 0 atom stereocenters. The average molecular weight is 370 g/mol. The van der Waals surface area contributed by atoms with Crippen molar-refractivity contribution in [2.24, 2.45) is 0 Å². The van der Waals surface area contributed by atoms with Crippen LogP contribution < -0.4 is 3.71 Å². The number of hydrogen-bond donors (Lipinski definition) is 0. The summed E-state index contributed by atoms with van der Waals surface area (Å²) >= 11 is 5.83. The third kappa shape index (κ3) is 3.71. The number of hydrogen-bond acceptors (Lipinski definition) is 6. The van der Waals surface area contributed by atoms with Crippen molar-refractivity contribution in [1.29, 1.82) is 0 Å². The van der Waals surface area contributed by atoms with Gasteiger partial charge < -0.3 is 4.74 Å². The van der Waals surface area contributed by atoms with Crippen molar-refractivity contribution in [3.63, 3.8) is 0 Å². The second-order valence-corrected chi connectivity index (χ2v) is 9.03. The Balaban J connectivity index is 3.78. The fourth-order valence-electron chi connectivity index (χ4n) is 1.65. The number of benzene rings is 1. The summed E-state index contributed by atoms with van der Waals surface area (Å²) in [5, 5.41) is 0.0882. The molecule has 0 amide bonds. The van der Waals surface area contributed by atoms with E-state index >= 15 is 0 Å². The molecule has 1 rings (SSSR count). The van der Waals surface area contributed by atoms with Crippen molar-refractivity contribution in [1.82, 2.24) is 0 Å². The van der Waals surface area contributed by atoms with E-state index in [1.54, 1.807) is 0 Å². The number of nitrogens with zero attached hydrogens (tertiary/aromatic N) is 1. The molecule has 0 fully saturated rings. The van der Waals surface area contributed by atoms with Crippen LogP contribution in [-0.4, -0.2) is 41.4 Å². The first-order valence-electron chi connectivity index (χ1n) is 6.24. The highest BCUT2D eigenvalue weighted by atomic mass is 35.5. The Bertz CT molecular complexity index is 739. The van der Waals surface area contributed by atoms with E-state index in [0.29, 0.717) is 0 Å². The molecule has 0 aliphatic heterocycles. The first-order chi connectivity index (χ1) is 10.1. The molecule has 0 aromatic heterocycles. The highest BCUT2D eigenvalue weighted by molar-refractivity contribution is 8.10. The summed E-state index contributed by atoms with van der Waals surface area (Å²) in [5.74, 6) is -1.78. The number of ether oxygens (including phenoxy) is 1. The van der Waals surface area contributed by atoms with Gasteiger partial charge in [0.25, 0.3) is 0 Å². The fourth-order valence-corrected chi connectivity index (χ4v) is 5.20. The summed E-state index contributed by atoms with van der Waals surface area (Å²) in [6.07, 6.45) is 0. The quantitative estimate of drug-likeness (QED) is 0.707. The lowest BCUT2D eigenvalue weighted by atomic mass is 10.2. The molecule has 0 bridgehead atoms. The molecule has 0 aliphatic rings. The van der Waals surface area contributed by atoms with Gasteiger partial charge in [0, 0.05) is 5.02 Å². The standard InChI is InChI=1S/C12H16ClNO6S2/c1-4-21(16,17)14(22(18,19)5-2)11-8-9(13)6-7-10(11)12(15)20-3/h6-8H,4-5H2,1-3H3. The zero-order chi connectivity index (χ0) is 17.1. The van der Waals surface area contributed by atoms with Gasteiger partial charge in [-0.05, 0) is 32.0 Å². The number of carbonyl (C=O) groups is 1. The van der Waals surface area contributed by atoms with Crippen molar-refractivity contribution in [2.45, 2.75) is 13.8 Å². The van der Waals surface area contributed by atoms with Crippen LogP contribution in [-0.2, 0) is 24.8 Å². The van der Waals surface area contributed by atoms with Crippen molar-refractivity contribution in [3.8, 4) is 0 Å². The Hall–Kier alpha value is -1.32. The molecule has 0 saturated heterocycles. The van der Waals surface area contributed by atoms with Crippen LogP contribution >= 0.6 is 11.6 Å². The van der Waals surface area contributed by atoms with Crippen LogP contribution in [0.15, 0.2) is 18.2 Å². The SMILES string of the molecule is CCS(=O)(=O)N(c1cc(Cl)ccc1C(=O)OC)S(=O)(=O)CC. The number of sulfonamides is 2. The van der Waals surface area contributed by atoms with Crippen LogP contribution in [0.2, 0.25) is 5.02 Å². The van der Waals surface area contributed by atoms with Crippen LogP contribution in [0.4, 0.5) is 5.69 Å². The minimum absolute atomic E-state index is 0.0882. The number of halogens is 1. The van der Waals surface area contributed by atoms with Crippen LogP contribution in [0.1, 0.15) is 24.2 Å². The smallest absolute Gasteiger partial charge is 0.340 e. The summed E-state index contributed by atoms with van der Waals surface area (Å²) in [6, 6.07) is 3.66. The minimum Gasteiger partial charge on any atom is -0.465 e. The summed E-state index contributed by atoms with van der Waals surface area (Å²) in [4.78, 5) is 11.8. The van der Waals surface area contributed by atoms with Gasteiger partial charge in [-0.2, -0.15) is 3.71 Å². The van der Waals surface area contributed by atoms with Gasteiger partial charge in [-0.1, -0.05) is 11.6 Å². The van der Waals surface area contributed by atoms with Gasteiger partial charge >= 0.3 is 5.97 Å². The molecule has 0 saturated carbocycles. The second kappa shape index (κ2) is 6.84. The lowest BCUT2D eigenvalue weighted by molar-refractivity contribution is 0.0602. The highest BCUT2D eigenvalue weighted by Gasteiger charge is 2.35. The van der Waals surface area contributed by atoms with E-state index in [0.717, 1.165) is 13.2 Å². The predicted molar refractivity (Wildman–Crippen MR) is 84.2 cm³/mol.